The number of benzene rings is 2. The lowest BCUT2D eigenvalue weighted by atomic mass is 10.1. The zero-order valence-electron chi connectivity index (χ0n) is 16.1. The molecular formula is C23H23N3O2S. The first-order valence-corrected chi connectivity index (χ1v) is 10.2. The van der Waals surface area contributed by atoms with Gasteiger partial charge in [-0.1, -0.05) is 36.4 Å². The Labute approximate surface area is 175 Å². The van der Waals surface area contributed by atoms with Crippen molar-refractivity contribution in [2.24, 2.45) is 0 Å². The molecule has 0 unspecified atom stereocenters. The molecule has 1 amide bonds. The van der Waals surface area contributed by atoms with E-state index in [0.717, 1.165) is 49.1 Å². The Morgan fingerprint density at radius 3 is 2.55 bits per heavy atom. The average molecular weight is 406 g/mol. The minimum Gasteiger partial charge on any atom is -0.494 e. The maximum atomic E-state index is 12.0. The molecule has 0 atom stereocenters. The van der Waals surface area contributed by atoms with Crippen LogP contribution in [0, 0.1) is 0 Å². The summed E-state index contributed by atoms with van der Waals surface area (Å²) in [5, 5.41) is 6.99. The second kappa shape index (κ2) is 8.92. The van der Waals surface area contributed by atoms with E-state index in [1.54, 1.807) is 0 Å². The quantitative estimate of drug-likeness (QED) is 0.334. The van der Waals surface area contributed by atoms with Crippen LogP contribution in [-0.4, -0.2) is 22.2 Å². The number of nitrogens with zero attached hydrogens (tertiary/aromatic N) is 1. The van der Waals surface area contributed by atoms with Gasteiger partial charge in [0.05, 0.1) is 6.61 Å². The van der Waals surface area contributed by atoms with Gasteiger partial charge in [-0.05, 0) is 55.8 Å². The fraction of sp³-hybridized carbons (Fsp3) is 0.217. The summed E-state index contributed by atoms with van der Waals surface area (Å²) in [6, 6.07) is 18.2. The highest BCUT2D eigenvalue weighted by molar-refractivity contribution is 7.80. The Morgan fingerprint density at radius 2 is 1.76 bits per heavy atom. The van der Waals surface area contributed by atoms with Crippen LogP contribution in [-0.2, 0) is 11.3 Å². The largest absolute Gasteiger partial charge is 0.494 e. The Hall–Kier alpha value is -3.12. The van der Waals surface area contributed by atoms with E-state index < -0.39 is 0 Å². The molecule has 1 saturated heterocycles. The van der Waals surface area contributed by atoms with Gasteiger partial charge in [0, 0.05) is 29.2 Å². The molecule has 1 aliphatic rings. The lowest BCUT2D eigenvalue weighted by molar-refractivity contribution is -0.115. The molecule has 1 aromatic heterocycles. The highest BCUT2D eigenvalue weighted by Gasteiger charge is 2.20. The Kier molecular flexibility index (Phi) is 5.91. The number of unbranched alkanes of at least 4 members (excludes halogenated alkanes) is 2. The van der Waals surface area contributed by atoms with Gasteiger partial charge in [-0.2, -0.15) is 0 Å². The number of carbonyl (C=O) groups excluding carboxylic acids is 1. The van der Waals surface area contributed by atoms with E-state index in [-0.39, 0.29) is 5.91 Å². The number of rotatable bonds is 8. The molecule has 2 aromatic carbocycles. The molecule has 0 saturated carbocycles. The van der Waals surface area contributed by atoms with Crippen molar-refractivity contribution in [3.8, 4) is 5.75 Å². The molecule has 2 heterocycles. The van der Waals surface area contributed by atoms with Gasteiger partial charge in [0.2, 0.25) is 0 Å². The number of hydrogen-bond donors (Lipinski definition) is 2. The van der Waals surface area contributed by atoms with Gasteiger partial charge < -0.3 is 14.6 Å². The van der Waals surface area contributed by atoms with Gasteiger partial charge in [-0.3, -0.25) is 10.1 Å². The van der Waals surface area contributed by atoms with E-state index in [9.17, 15) is 4.79 Å². The minimum absolute atomic E-state index is 0.190. The maximum Gasteiger partial charge on any atom is 0.273 e. The molecule has 0 radical (unpaired) electrons. The van der Waals surface area contributed by atoms with Crippen molar-refractivity contribution in [3.63, 3.8) is 0 Å². The second-order valence-electron chi connectivity index (χ2n) is 6.98. The van der Waals surface area contributed by atoms with Crippen molar-refractivity contribution in [3.05, 3.63) is 72.1 Å². The van der Waals surface area contributed by atoms with E-state index in [1.165, 1.54) is 5.52 Å². The molecule has 0 spiro atoms. The zero-order chi connectivity index (χ0) is 20.1. The van der Waals surface area contributed by atoms with Crippen molar-refractivity contribution in [1.29, 1.82) is 0 Å². The fourth-order valence-electron chi connectivity index (χ4n) is 3.48. The highest BCUT2D eigenvalue weighted by atomic mass is 32.1. The topological polar surface area (TPSA) is 55.3 Å². The van der Waals surface area contributed by atoms with Gasteiger partial charge in [0.25, 0.3) is 5.91 Å². The van der Waals surface area contributed by atoms with Gasteiger partial charge in [0.1, 0.15) is 11.4 Å². The first kappa shape index (κ1) is 19.2. The summed E-state index contributed by atoms with van der Waals surface area (Å²) in [6.45, 7) is 1.65. The Bertz CT molecular complexity index is 1060. The molecule has 3 aromatic rings. The summed E-state index contributed by atoms with van der Waals surface area (Å²) in [5.74, 6) is 0.732. The number of ether oxygens (including phenoxy) is 1. The molecular weight excluding hydrogens is 382 g/mol. The number of aromatic nitrogens is 1. The summed E-state index contributed by atoms with van der Waals surface area (Å²) < 4.78 is 8.01. The number of thiocarbonyl (C=S) groups is 1. The van der Waals surface area contributed by atoms with Crippen LogP contribution in [0.1, 0.15) is 24.8 Å². The van der Waals surface area contributed by atoms with E-state index in [4.69, 9.17) is 17.0 Å². The van der Waals surface area contributed by atoms with Gasteiger partial charge in [-0.25, -0.2) is 0 Å². The van der Waals surface area contributed by atoms with Crippen LogP contribution >= 0.6 is 12.2 Å². The van der Waals surface area contributed by atoms with Crippen LogP contribution in [0.15, 0.2) is 66.5 Å². The number of hydrogen-bond acceptors (Lipinski definition) is 3. The monoisotopic (exact) mass is 405 g/mol. The molecule has 1 fully saturated rings. The number of nitrogens with one attached hydrogen (secondary N) is 2. The van der Waals surface area contributed by atoms with Crippen LogP contribution in [0.5, 0.6) is 5.75 Å². The molecule has 4 rings (SSSR count). The number of carbonyl (C=O) groups is 1. The predicted octanol–water partition coefficient (Wildman–Crippen LogP) is 4.24. The number of para-hydroxylation sites is 2. The molecule has 29 heavy (non-hydrogen) atoms. The van der Waals surface area contributed by atoms with Crippen molar-refractivity contribution < 1.29 is 9.53 Å². The minimum atomic E-state index is -0.190. The summed E-state index contributed by atoms with van der Waals surface area (Å²) in [6.07, 6.45) is 7.14. The summed E-state index contributed by atoms with van der Waals surface area (Å²) in [5.41, 5.74) is 2.66. The third kappa shape index (κ3) is 4.66. The van der Waals surface area contributed by atoms with E-state index >= 15 is 0 Å². The molecule has 1 aliphatic heterocycles. The van der Waals surface area contributed by atoms with Crippen molar-refractivity contribution in [1.82, 2.24) is 15.2 Å². The van der Waals surface area contributed by atoms with Crippen LogP contribution in [0.4, 0.5) is 0 Å². The zero-order valence-corrected chi connectivity index (χ0v) is 16.9. The van der Waals surface area contributed by atoms with Crippen LogP contribution in [0.3, 0.4) is 0 Å². The number of fused-ring (bicyclic) bond motifs is 1. The summed E-state index contributed by atoms with van der Waals surface area (Å²) in [4.78, 5) is 12.0. The molecule has 0 aliphatic carbocycles. The molecule has 0 bridgehead atoms. The molecule has 148 valence electrons. The molecule has 2 N–H and O–H groups in total. The third-order valence-corrected chi connectivity index (χ3v) is 5.10. The van der Waals surface area contributed by atoms with Gasteiger partial charge in [0.15, 0.2) is 5.11 Å². The lowest BCUT2D eigenvalue weighted by Gasteiger charge is -2.07. The second-order valence-corrected chi connectivity index (χ2v) is 7.39. The third-order valence-electron chi connectivity index (χ3n) is 4.89. The number of amides is 1. The molecule has 6 heteroatoms. The van der Waals surface area contributed by atoms with Crippen molar-refractivity contribution in [2.75, 3.05) is 6.61 Å². The Balaban J connectivity index is 1.37. The summed E-state index contributed by atoms with van der Waals surface area (Å²) in [7, 11) is 0. The normalized spacial score (nSPS) is 15.0. The smallest absolute Gasteiger partial charge is 0.273 e. The Morgan fingerprint density at radius 1 is 0.966 bits per heavy atom. The van der Waals surface area contributed by atoms with Gasteiger partial charge >= 0.3 is 0 Å². The van der Waals surface area contributed by atoms with Crippen molar-refractivity contribution in [2.45, 2.75) is 25.8 Å². The van der Waals surface area contributed by atoms with E-state index in [2.05, 4.69) is 33.5 Å². The van der Waals surface area contributed by atoms with E-state index in [1.807, 2.05) is 48.5 Å². The molecule has 5 nitrogen and oxygen atoms in total. The van der Waals surface area contributed by atoms with Crippen LogP contribution in [0.2, 0.25) is 0 Å². The SMILES string of the molecule is O=C1NC(=S)N/C1=C\c1cn(CCCCCOc2ccccc2)c2ccccc12. The lowest BCUT2D eigenvalue weighted by Crippen LogP contribution is -2.21. The van der Waals surface area contributed by atoms with Crippen LogP contribution in [0.25, 0.3) is 17.0 Å². The highest BCUT2D eigenvalue weighted by Crippen LogP contribution is 2.24. The fourth-order valence-corrected chi connectivity index (χ4v) is 3.68. The summed E-state index contributed by atoms with van der Waals surface area (Å²) >= 11 is 5.01. The van der Waals surface area contributed by atoms with Gasteiger partial charge in [-0.15, -0.1) is 0 Å². The van der Waals surface area contributed by atoms with Crippen LogP contribution < -0.4 is 15.4 Å². The average Bonchev–Trinajstić information content (AvgIpc) is 3.25. The number of aryl methyl sites for hydroxylation is 1. The van der Waals surface area contributed by atoms with E-state index in [0.29, 0.717) is 10.8 Å². The first-order valence-electron chi connectivity index (χ1n) is 9.80. The predicted molar refractivity (Wildman–Crippen MR) is 120 cm³/mol. The first-order chi connectivity index (χ1) is 14.2. The standard InChI is InChI=1S/C23H23N3O2S/c27-22-20(24-23(29)25-22)15-17-16-26(21-12-6-5-11-19(17)21)13-7-2-8-14-28-18-9-3-1-4-10-18/h1,3-6,9-12,15-16H,2,7-8,13-14H2,(H2,24,25,27,29)/b20-15-. The van der Waals surface area contributed by atoms with Crippen molar-refractivity contribution >= 4 is 40.2 Å². The maximum absolute atomic E-state index is 12.0.